The monoisotopic (exact) mass is 531 g/mol. The van der Waals surface area contributed by atoms with E-state index < -0.39 is 0 Å². The normalized spacial score (nSPS) is 10.9. The second kappa shape index (κ2) is 12.6. The van der Waals surface area contributed by atoms with E-state index in [1.54, 1.807) is 32.5 Å². The Morgan fingerprint density at radius 3 is 2.45 bits per heavy atom. The first-order chi connectivity index (χ1) is 13.4. The molecule has 2 aromatic rings. The van der Waals surface area contributed by atoms with Crippen molar-refractivity contribution >= 4 is 47.2 Å². The molecule has 0 fully saturated rings. The lowest BCUT2D eigenvalue weighted by molar-refractivity contribution is -0.127. The molecule has 0 saturated heterocycles. The van der Waals surface area contributed by atoms with Crippen molar-refractivity contribution in [3.8, 4) is 5.75 Å². The van der Waals surface area contributed by atoms with E-state index in [-0.39, 0.29) is 36.4 Å². The quantitative estimate of drug-likeness (QED) is 0.311. The Morgan fingerprint density at radius 2 is 1.90 bits per heavy atom. The maximum absolute atomic E-state index is 11.9. The number of nitrogens with one attached hydrogen (secondary N) is 2. The average molecular weight is 531 g/mol. The van der Waals surface area contributed by atoms with Gasteiger partial charge < -0.3 is 20.3 Å². The lowest BCUT2D eigenvalue weighted by atomic mass is 10.1. The first kappa shape index (κ1) is 25.2. The number of aromatic nitrogens is 1. The number of aryl methyl sites for hydroxylation is 2. The zero-order valence-electron chi connectivity index (χ0n) is 17.6. The minimum Gasteiger partial charge on any atom is -0.497 e. The molecule has 2 N–H and O–H groups in total. The Hall–Kier alpha value is -1.88. The molecule has 0 spiro atoms. The van der Waals surface area contributed by atoms with E-state index in [4.69, 9.17) is 4.74 Å². The summed E-state index contributed by atoms with van der Waals surface area (Å²) in [7, 11) is 5.11. The molecule has 0 saturated carbocycles. The predicted octanol–water partition coefficient (Wildman–Crippen LogP) is 2.75. The van der Waals surface area contributed by atoms with Crippen LogP contribution in [0.4, 0.5) is 0 Å². The molecule has 1 aromatic carbocycles. The fourth-order valence-corrected chi connectivity index (χ4v) is 3.23. The van der Waals surface area contributed by atoms with Gasteiger partial charge in [-0.2, -0.15) is 0 Å². The van der Waals surface area contributed by atoms with Crippen LogP contribution in [0.15, 0.2) is 29.3 Å². The molecule has 1 heterocycles. The minimum atomic E-state index is -0.0443. The molecule has 160 valence electrons. The average Bonchev–Trinajstić information content (AvgIpc) is 3.01. The summed E-state index contributed by atoms with van der Waals surface area (Å²) in [4.78, 5) is 23.6. The van der Waals surface area contributed by atoms with E-state index in [0.29, 0.717) is 19.0 Å². The van der Waals surface area contributed by atoms with E-state index in [1.807, 2.05) is 31.2 Å². The summed E-state index contributed by atoms with van der Waals surface area (Å²) in [5.41, 5.74) is 2.25. The number of hydrogen-bond donors (Lipinski definition) is 2. The summed E-state index contributed by atoms with van der Waals surface area (Å²) < 4.78 is 5.18. The molecular formula is C20H30IN5O2S. The number of nitrogens with zero attached hydrogens (tertiary/aromatic N) is 3. The van der Waals surface area contributed by atoms with Crippen molar-refractivity contribution in [2.75, 3.05) is 34.3 Å². The maximum Gasteiger partial charge on any atom is 0.243 e. The van der Waals surface area contributed by atoms with Crippen LogP contribution >= 0.6 is 35.3 Å². The van der Waals surface area contributed by atoms with Crippen molar-refractivity contribution in [3.05, 3.63) is 45.4 Å². The highest BCUT2D eigenvalue weighted by Crippen LogP contribution is 2.16. The summed E-state index contributed by atoms with van der Waals surface area (Å²) in [6.07, 6.45) is 0.835. The molecule has 0 aliphatic rings. The number of carbonyl (C=O) groups is 1. The van der Waals surface area contributed by atoms with Crippen molar-refractivity contribution in [2.45, 2.75) is 26.8 Å². The number of thiazole rings is 1. The third-order valence-electron chi connectivity index (χ3n) is 4.22. The molecule has 1 aromatic heterocycles. The van der Waals surface area contributed by atoms with E-state index in [1.165, 1.54) is 15.3 Å². The molecule has 0 radical (unpaired) electrons. The van der Waals surface area contributed by atoms with Crippen LogP contribution in [0.3, 0.4) is 0 Å². The van der Waals surface area contributed by atoms with Crippen molar-refractivity contribution in [2.24, 2.45) is 4.99 Å². The molecule has 0 unspecified atom stereocenters. The van der Waals surface area contributed by atoms with Gasteiger partial charge in [0.15, 0.2) is 5.96 Å². The number of rotatable bonds is 8. The number of carbonyl (C=O) groups excluding carboxylic acids is 1. The highest BCUT2D eigenvalue weighted by Gasteiger charge is 2.07. The SMILES string of the molecule is COc1ccc(CCNC(=NCC(=O)N(C)C)NCc2nc(C)c(C)s2)cc1.I. The first-order valence-electron chi connectivity index (χ1n) is 9.17. The highest BCUT2D eigenvalue weighted by atomic mass is 127. The smallest absolute Gasteiger partial charge is 0.243 e. The summed E-state index contributed by atoms with van der Waals surface area (Å²) in [6.45, 7) is 5.44. The van der Waals surface area contributed by atoms with E-state index in [2.05, 4.69) is 27.5 Å². The van der Waals surface area contributed by atoms with Crippen LogP contribution in [0, 0.1) is 13.8 Å². The molecule has 2 rings (SSSR count). The van der Waals surface area contributed by atoms with Gasteiger partial charge >= 0.3 is 0 Å². The van der Waals surface area contributed by atoms with Crippen LogP contribution in [0.1, 0.15) is 21.1 Å². The first-order valence-corrected chi connectivity index (χ1v) is 9.99. The summed E-state index contributed by atoms with van der Waals surface area (Å²) in [5.74, 6) is 1.41. The fourth-order valence-electron chi connectivity index (χ4n) is 2.35. The van der Waals surface area contributed by atoms with Crippen molar-refractivity contribution in [3.63, 3.8) is 0 Å². The van der Waals surface area contributed by atoms with Gasteiger partial charge in [-0.1, -0.05) is 12.1 Å². The predicted molar refractivity (Wildman–Crippen MR) is 130 cm³/mol. The number of ether oxygens (including phenoxy) is 1. The third-order valence-corrected chi connectivity index (χ3v) is 5.29. The standard InChI is InChI=1S/C20H29N5O2S.HI/c1-14-15(2)28-18(24-14)12-22-20(23-13-19(26)25(3)4)21-11-10-16-6-8-17(27-5)9-7-16;/h6-9H,10-13H2,1-5H3,(H2,21,22,23);1H. The van der Waals surface area contributed by atoms with Gasteiger partial charge in [0.05, 0.1) is 19.3 Å². The number of aliphatic imine (C=N–C) groups is 1. The van der Waals surface area contributed by atoms with Crippen LogP contribution in [0.2, 0.25) is 0 Å². The van der Waals surface area contributed by atoms with Crippen molar-refractivity contribution < 1.29 is 9.53 Å². The molecule has 9 heteroatoms. The van der Waals surface area contributed by atoms with E-state index in [0.717, 1.165) is 22.9 Å². The van der Waals surface area contributed by atoms with Crippen LogP contribution < -0.4 is 15.4 Å². The molecular weight excluding hydrogens is 501 g/mol. The lowest BCUT2D eigenvalue weighted by Gasteiger charge is -2.13. The Balaban J connectivity index is 0.00000420. The number of likely N-dealkylation sites (N-methyl/N-ethyl adjacent to an activating group) is 1. The van der Waals surface area contributed by atoms with Gasteiger partial charge in [0, 0.05) is 25.5 Å². The van der Waals surface area contributed by atoms with Gasteiger partial charge in [0.2, 0.25) is 5.91 Å². The van der Waals surface area contributed by atoms with Crippen LogP contribution in [0.25, 0.3) is 0 Å². The zero-order chi connectivity index (χ0) is 20.5. The van der Waals surface area contributed by atoms with Crippen LogP contribution in [0.5, 0.6) is 5.75 Å². The zero-order valence-corrected chi connectivity index (χ0v) is 20.8. The van der Waals surface area contributed by atoms with Gasteiger partial charge in [-0.3, -0.25) is 4.79 Å². The van der Waals surface area contributed by atoms with Gasteiger partial charge in [0.25, 0.3) is 0 Å². The van der Waals surface area contributed by atoms with Crippen molar-refractivity contribution in [1.29, 1.82) is 0 Å². The Kier molecular flexibility index (Phi) is 11.0. The molecule has 0 bridgehead atoms. The topological polar surface area (TPSA) is 78.8 Å². The van der Waals surface area contributed by atoms with Crippen LogP contribution in [-0.2, 0) is 17.8 Å². The number of methoxy groups -OCH3 is 1. The summed E-state index contributed by atoms with van der Waals surface area (Å²) in [6, 6.07) is 7.99. The minimum absolute atomic E-state index is 0. The molecule has 1 amide bonds. The van der Waals surface area contributed by atoms with Crippen molar-refractivity contribution in [1.82, 2.24) is 20.5 Å². The number of amides is 1. The van der Waals surface area contributed by atoms with Gasteiger partial charge in [-0.05, 0) is 38.0 Å². The summed E-state index contributed by atoms with van der Waals surface area (Å²) >= 11 is 1.67. The van der Waals surface area contributed by atoms with Gasteiger partial charge in [-0.15, -0.1) is 35.3 Å². The Labute approximate surface area is 194 Å². The van der Waals surface area contributed by atoms with E-state index >= 15 is 0 Å². The molecule has 0 atom stereocenters. The Morgan fingerprint density at radius 1 is 1.21 bits per heavy atom. The highest BCUT2D eigenvalue weighted by molar-refractivity contribution is 14.0. The molecule has 0 aliphatic carbocycles. The maximum atomic E-state index is 11.9. The van der Waals surface area contributed by atoms with Gasteiger partial charge in [0.1, 0.15) is 17.3 Å². The third kappa shape index (κ3) is 8.57. The summed E-state index contributed by atoms with van der Waals surface area (Å²) in [5, 5.41) is 7.57. The second-order valence-electron chi connectivity index (χ2n) is 6.58. The number of hydrogen-bond acceptors (Lipinski definition) is 5. The van der Waals surface area contributed by atoms with E-state index in [9.17, 15) is 4.79 Å². The number of guanidine groups is 1. The van der Waals surface area contributed by atoms with Crippen LogP contribution in [-0.4, -0.2) is 56.0 Å². The largest absolute Gasteiger partial charge is 0.497 e. The fraction of sp³-hybridized carbons (Fsp3) is 0.450. The molecule has 7 nitrogen and oxygen atoms in total. The number of benzene rings is 1. The lowest BCUT2D eigenvalue weighted by Crippen LogP contribution is -2.39. The number of halogens is 1. The van der Waals surface area contributed by atoms with Gasteiger partial charge in [-0.25, -0.2) is 9.98 Å². The Bertz CT molecular complexity index is 786. The molecule has 0 aliphatic heterocycles. The second-order valence-corrected chi connectivity index (χ2v) is 7.87. The molecule has 29 heavy (non-hydrogen) atoms.